The molecule has 0 aliphatic carbocycles. The molecule has 0 amide bonds. The number of benzene rings is 4. The predicted octanol–water partition coefficient (Wildman–Crippen LogP) is 5.61. The summed E-state index contributed by atoms with van der Waals surface area (Å²) in [5.74, 6) is 0. The Hall–Kier alpha value is -2.74. The summed E-state index contributed by atoms with van der Waals surface area (Å²) in [6, 6.07) is 22.2. The number of hydrogen-bond donors (Lipinski definition) is 0. The van der Waals surface area contributed by atoms with Crippen LogP contribution in [0.4, 0.5) is 0 Å². The summed E-state index contributed by atoms with van der Waals surface area (Å²) in [6.07, 6.45) is 0. The molecule has 4 aromatic carbocycles. The van der Waals surface area contributed by atoms with Gasteiger partial charge in [0.25, 0.3) is 0 Å². The van der Waals surface area contributed by atoms with Crippen molar-refractivity contribution < 1.29 is 0 Å². The van der Waals surface area contributed by atoms with E-state index >= 15 is 0 Å². The third kappa shape index (κ3) is 1.74. The minimum Gasteiger partial charge on any atom is -0.189 e. The van der Waals surface area contributed by atoms with Gasteiger partial charge in [0, 0.05) is 0 Å². The zero-order valence-electron chi connectivity index (χ0n) is 12.1. The third-order valence-corrected chi connectivity index (χ3v) is 4.56. The molecule has 1 aliphatic heterocycles. The van der Waals surface area contributed by atoms with Gasteiger partial charge in [0.15, 0.2) is 0 Å². The maximum absolute atomic E-state index is 4.15. The number of hydrogen-bond acceptors (Lipinski definition) is 2. The molecule has 0 fully saturated rings. The second kappa shape index (κ2) is 4.38. The molecule has 5 rings (SSSR count). The zero-order chi connectivity index (χ0) is 14.5. The molecule has 1 heterocycles. The van der Waals surface area contributed by atoms with Gasteiger partial charge in [-0.2, -0.15) is 10.2 Å². The van der Waals surface area contributed by atoms with Crippen molar-refractivity contribution in [1.29, 1.82) is 0 Å². The minimum absolute atomic E-state index is 0.709. The van der Waals surface area contributed by atoms with Crippen LogP contribution in [-0.4, -0.2) is 0 Å². The summed E-state index contributed by atoms with van der Waals surface area (Å²) in [6.45, 7) is 1.42. The van der Waals surface area contributed by atoms with E-state index in [1.54, 1.807) is 0 Å². The lowest BCUT2D eigenvalue weighted by atomic mass is 9.96. The molecule has 0 bridgehead atoms. The van der Waals surface area contributed by atoms with E-state index in [1.807, 2.05) is 0 Å². The van der Waals surface area contributed by atoms with E-state index in [4.69, 9.17) is 0 Å². The molecule has 0 spiro atoms. The molecule has 104 valence electrons. The molecule has 0 radical (unpaired) electrons. The molecule has 22 heavy (non-hydrogen) atoms. The first kappa shape index (κ1) is 11.9. The van der Waals surface area contributed by atoms with Crippen LogP contribution in [0.25, 0.3) is 32.3 Å². The zero-order valence-corrected chi connectivity index (χ0v) is 12.1. The standard InChI is InChI=1S/C20H14N2/c1-2-4-14-6-16-8-18-10-20-12-22-21-11-19(20)9-17(18)7-15(16)5-13(14)3-1/h1-10H,11-12H2. The molecule has 4 aromatic rings. The van der Waals surface area contributed by atoms with Crippen LogP contribution in [0.5, 0.6) is 0 Å². The highest BCUT2D eigenvalue weighted by Gasteiger charge is 2.09. The molecule has 0 aromatic heterocycles. The molecule has 2 heteroatoms. The summed E-state index contributed by atoms with van der Waals surface area (Å²) in [7, 11) is 0. The Kier molecular flexibility index (Phi) is 2.36. The van der Waals surface area contributed by atoms with Crippen molar-refractivity contribution in [2.75, 3.05) is 0 Å². The van der Waals surface area contributed by atoms with Crippen LogP contribution in [0.15, 0.2) is 70.9 Å². The summed E-state index contributed by atoms with van der Waals surface area (Å²) < 4.78 is 0. The summed E-state index contributed by atoms with van der Waals surface area (Å²) >= 11 is 0. The smallest absolute Gasteiger partial charge is 0.0853 e. The van der Waals surface area contributed by atoms with Crippen LogP contribution < -0.4 is 0 Å². The van der Waals surface area contributed by atoms with Gasteiger partial charge in [-0.05, 0) is 79.8 Å². The van der Waals surface area contributed by atoms with E-state index in [9.17, 15) is 0 Å². The fourth-order valence-corrected chi connectivity index (χ4v) is 3.38. The average Bonchev–Trinajstić information content (AvgIpc) is 2.56. The number of nitrogens with zero attached hydrogens (tertiary/aromatic N) is 2. The van der Waals surface area contributed by atoms with Gasteiger partial charge in [0.2, 0.25) is 0 Å². The Morgan fingerprint density at radius 3 is 1.41 bits per heavy atom. The highest BCUT2D eigenvalue weighted by Crippen LogP contribution is 2.30. The lowest BCUT2D eigenvalue weighted by Gasteiger charge is -2.12. The van der Waals surface area contributed by atoms with Crippen molar-refractivity contribution in [1.82, 2.24) is 0 Å². The van der Waals surface area contributed by atoms with E-state index in [-0.39, 0.29) is 0 Å². The van der Waals surface area contributed by atoms with Crippen LogP contribution >= 0.6 is 0 Å². The normalized spacial score (nSPS) is 13.8. The Morgan fingerprint density at radius 1 is 0.500 bits per heavy atom. The predicted molar refractivity (Wildman–Crippen MR) is 91.2 cm³/mol. The second-order valence-corrected chi connectivity index (χ2v) is 5.97. The first-order valence-corrected chi connectivity index (χ1v) is 7.58. The van der Waals surface area contributed by atoms with E-state index < -0.39 is 0 Å². The van der Waals surface area contributed by atoms with Crippen LogP contribution in [0.2, 0.25) is 0 Å². The maximum Gasteiger partial charge on any atom is 0.0853 e. The highest BCUT2D eigenvalue weighted by molar-refractivity contribution is 6.04. The van der Waals surface area contributed by atoms with E-state index in [1.165, 1.54) is 43.4 Å². The van der Waals surface area contributed by atoms with Crippen LogP contribution in [0.3, 0.4) is 0 Å². The van der Waals surface area contributed by atoms with Crippen molar-refractivity contribution in [3.8, 4) is 0 Å². The van der Waals surface area contributed by atoms with Crippen molar-refractivity contribution in [3.05, 3.63) is 71.8 Å². The Labute approximate surface area is 128 Å². The third-order valence-electron chi connectivity index (χ3n) is 4.56. The molecular weight excluding hydrogens is 268 g/mol. The first-order chi connectivity index (χ1) is 10.9. The second-order valence-electron chi connectivity index (χ2n) is 5.97. The maximum atomic E-state index is 4.15. The minimum atomic E-state index is 0.709. The fourth-order valence-electron chi connectivity index (χ4n) is 3.38. The number of rotatable bonds is 0. The van der Waals surface area contributed by atoms with Gasteiger partial charge >= 0.3 is 0 Å². The topological polar surface area (TPSA) is 24.7 Å². The van der Waals surface area contributed by atoms with Crippen molar-refractivity contribution in [3.63, 3.8) is 0 Å². The van der Waals surface area contributed by atoms with Crippen molar-refractivity contribution in [2.24, 2.45) is 10.2 Å². The van der Waals surface area contributed by atoms with Gasteiger partial charge in [-0.25, -0.2) is 0 Å². The van der Waals surface area contributed by atoms with Gasteiger partial charge < -0.3 is 0 Å². The SMILES string of the molecule is c1ccc2cc3cc4cc5c(cc4cc3cc2c1)CN=NC5. The van der Waals surface area contributed by atoms with Gasteiger partial charge in [0.1, 0.15) is 0 Å². The Bertz CT molecular complexity index is 992. The Morgan fingerprint density at radius 2 is 0.909 bits per heavy atom. The van der Waals surface area contributed by atoms with E-state index in [0.29, 0.717) is 13.1 Å². The molecule has 0 atom stereocenters. The lowest BCUT2D eigenvalue weighted by molar-refractivity contribution is 0.792. The Balaban J connectivity index is 1.85. The average molecular weight is 282 g/mol. The summed E-state index contributed by atoms with van der Waals surface area (Å²) in [5.41, 5.74) is 2.62. The van der Waals surface area contributed by atoms with Crippen LogP contribution in [-0.2, 0) is 13.1 Å². The van der Waals surface area contributed by atoms with Gasteiger partial charge in [-0.1, -0.05) is 24.3 Å². The van der Waals surface area contributed by atoms with Crippen LogP contribution in [0.1, 0.15) is 11.1 Å². The fraction of sp³-hybridized carbons (Fsp3) is 0.100. The monoisotopic (exact) mass is 282 g/mol. The molecule has 0 saturated carbocycles. The quantitative estimate of drug-likeness (QED) is 0.374. The van der Waals surface area contributed by atoms with Crippen molar-refractivity contribution in [2.45, 2.75) is 13.1 Å². The lowest BCUT2D eigenvalue weighted by Crippen LogP contribution is -1.96. The van der Waals surface area contributed by atoms with Gasteiger partial charge in [0.05, 0.1) is 13.1 Å². The van der Waals surface area contributed by atoms with E-state index in [2.05, 4.69) is 70.9 Å². The first-order valence-electron chi connectivity index (χ1n) is 7.58. The number of fused-ring (bicyclic) bond motifs is 4. The molecular formula is C20H14N2. The number of azo groups is 1. The summed E-state index contributed by atoms with van der Waals surface area (Å²) in [5, 5.41) is 16.1. The van der Waals surface area contributed by atoms with Crippen molar-refractivity contribution >= 4 is 32.3 Å². The molecule has 0 unspecified atom stereocenters. The summed E-state index contributed by atoms with van der Waals surface area (Å²) in [4.78, 5) is 0. The highest BCUT2D eigenvalue weighted by atomic mass is 15.1. The molecule has 0 saturated heterocycles. The van der Waals surface area contributed by atoms with Crippen LogP contribution in [0, 0.1) is 0 Å². The molecule has 0 N–H and O–H groups in total. The van der Waals surface area contributed by atoms with E-state index in [0.717, 1.165) is 0 Å². The molecule has 1 aliphatic rings. The van der Waals surface area contributed by atoms with Gasteiger partial charge in [-0.3, -0.25) is 0 Å². The van der Waals surface area contributed by atoms with Gasteiger partial charge in [-0.15, -0.1) is 0 Å². The molecule has 2 nitrogen and oxygen atoms in total. The largest absolute Gasteiger partial charge is 0.189 e.